The summed E-state index contributed by atoms with van der Waals surface area (Å²) in [5.41, 5.74) is 0.956. The zero-order chi connectivity index (χ0) is 20.2. The molecular formula is C21H26FN5O2. The van der Waals surface area contributed by atoms with Gasteiger partial charge in [0.2, 0.25) is 0 Å². The molecule has 0 radical (unpaired) electrons. The Morgan fingerprint density at radius 3 is 2.66 bits per heavy atom. The van der Waals surface area contributed by atoms with Crippen molar-refractivity contribution in [1.29, 1.82) is 0 Å². The Morgan fingerprint density at radius 1 is 1.14 bits per heavy atom. The van der Waals surface area contributed by atoms with Gasteiger partial charge in [0.05, 0.1) is 13.2 Å². The minimum absolute atomic E-state index is 0.0170. The lowest BCUT2D eigenvalue weighted by Crippen LogP contribution is -2.48. The average Bonchev–Trinajstić information content (AvgIpc) is 2.76. The van der Waals surface area contributed by atoms with Gasteiger partial charge in [-0.25, -0.2) is 14.4 Å². The van der Waals surface area contributed by atoms with Gasteiger partial charge in [0.1, 0.15) is 23.8 Å². The molecule has 4 rings (SSSR count). The van der Waals surface area contributed by atoms with Crippen LogP contribution in [0.25, 0.3) is 0 Å². The molecule has 154 valence electrons. The molecule has 1 aromatic heterocycles. The fourth-order valence-corrected chi connectivity index (χ4v) is 3.83. The van der Waals surface area contributed by atoms with Gasteiger partial charge in [-0.3, -0.25) is 4.79 Å². The van der Waals surface area contributed by atoms with Crippen LogP contribution in [0.4, 0.5) is 16.0 Å². The molecule has 0 bridgehead atoms. The SMILES string of the molecule is Cc1cc(C(=O)NC2CCCN(c3cc(N4CCOCC4)ncn3)C2)ccc1F. The number of hydrogen-bond acceptors (Lipinski definition) is 6. The third-order valence-corrected chi connectivity index (χ3v) is 5.47. The Kier molecular flexibility index (Phi) is 5.89. The van der Waals surface area contributed by atoms with Crippen molar-refractivity contribution in [2.45, 2.75) is 25.8 Å². The third-order valence-electron chi connectivity index (χ3n) is 5.47. The van der Waals surface area contributed by atoms with Crippen LogP contribution in [-0.2, 0) is 4.74 Å². The van der Waals surface area contributed by atoms with E-state index < -0.39 is 0 Å². The smallest absolute Gasteiger partial charge is 0.251 e. The van der Waals surface area contributed by atoms with E-state index in [-0.39, 0.29) is 17.8 Å². The molecule has 2 aromatic rings. The van der Waals surface area contributed by atoms with Crippen molar-refractivity contribution in [3.63, 3.8) is 0 Å². The van der Waals surface area contributed by atoms with E-state index in [9.17, 15) is 9.18 Å². The first-order valence-electron chi connectivity index (χ1n) is 10.1. The van der Waals surface area contributed by atoms with Crippen molar-refractivity contribution in [2.24, 2.45) is 0 Å². The average molecular weight is 399 g/mol. The first kappa shape index (κ1) is 19.6. The molecule has 0 spiro atoms. The standard InChI is InChI=1S/C21H26FN5O2/c1-15-11-16(4-5-18(15)22)21(28)25-17-3-2-6-27(13-17)20-12-19(23-14-24-20)26-7-9-29-10-8-26/h4-5,11-12,14,17H,2-3,6-10,13H2,1H3,(H,25,28). The number of aromatic nitrogens is 2. The number of carbonyl (C=O) groups excluding carboxylic acids is 1. The molecule has 8 heteroatoms. The highest BCUT2D eigenvalue weighted by Gasteiger charge is 2.24. The summed E-state index contributed by atoms with van der Waals surface area (Å²) < 4.78 is 18.9. The number of morpholine rings is 1. The second kappa shape index (κ2) is 8.73. The van der Waals surface area contributed by atoms with Crippen LogP contribution in [0.1, 0.15) is 28.8 Å². The molecule has 1 N–H and O–H groups in total. The van der Waals surface area contributed by atoms with Crippen molar-refractivity contribution in [2.75, 3.05) is 49.2 Å². The van der Waals surface area contributed by atoms with Crippen molar-refractivity contribution in [3.05, 3.63) is 47.5 Å². The molecule has 7 nitrogen and oxygen atoms in total. The van der Waals surface area contributed by atoms with Gasteiger partial charge in [0.25, 0.3) is 5.91 Å². The number of benzene rings is 1. The van der Waals surface area contributed by atoms with Crippen LogP contribution in [0, 0.1) is 12.7 Å². The minimum Gasteiger partial charge on any atom is -0.378 e. The van der Waals surface area contributed by atoms with Crippen LogP contribution in [0.15, 0.2) is 30.6 Å². The maximum absolute atomic E-state index is 13.5. The predicted molar refractivity (Wildman–Crippen MR) is 109 cm³/mol. The Bertz CT molecular complexity index is 872. The maximum atomic E-state index is 13.5. The Labute approximate surface area is 169 Å². The molecule has 2 aliphatic rings. The summed E-state index contributed by atoms with van der Waals surface area (Å²) in [5, 5.41) is 3.09. The van der Waals surface area contributed by atoms with Crippen molar-refractivity contribution < 1.29 is 13.9 Å². The molecule has 3 heterocycles. The Hall–Kier alpha value is -2.74. The number of ether oxygens (including phenoxy) is 1. The maximum Gasteiger partial charge on any atom is 0.251 e. The lowest BCUT2D eigenvalue weighted by atomic mass is 10.0. The number of rotatable bonds is 4. The monoisotopic (exact) mass is 399 g/mol. The van der Waals surface area contributed by atoms with E-state index in [0.717, 1.165) is 44.1 Å². The van der Waals surface area contributed by atoms with Crippen LogP contribution >= 0.6 is 0 Å². The van der Waals surface area contributed by atoms with Crippen LogP contribution in [0.3, 0.4) is 0 Å². The number of amides is 1. The van der Waals surface area contributed by atoms with Crippen molar-refractivity contribution >= 4 is 17.5 Å². The molecule has 1 amide bonds. The Balaban J connectivity index is 1.41. The highest BCUT2D eigenvalue weighted by Crippen LogP contribution is 2.22. The van der Waals surface area contributed by atoms with Crippen LogP contribution in [0.5, 0.6) is 0 Å². The van der Waals surface area contributed by atoms with E-state index in [0.29, 0.717) is 30.9 Å². The first-order chi connectivity index (χ1) is 14.1. The second-order valence-corrected chi connectivity index (χ2v) is 7.56. The van der Waals surface area contributed by atoms with Crippen LogP contribution in [-0.4, -0.2) is 61.3 Å². The highest BCUT2D eigenvalue weighted by molar-refractivity contribution is 5.94. The fraction of sp³-hybridized carbons (Fsp3) is 0.476. The number of nitrogens with zero attached hydrogens (tertiary/aromatic N) is 4. The summed E-state index contributed by atoms with van der Waals surface area (Å²) in [6.07, 6.45) is 3.47. The van der Waals surface area contributed by atoms with Gasteiger partial charge in [-0.15, -0.1) is 0 Å². The second-order valence-electron chi connectivity index (χ2n) is 7.56. The number of carbonyl (C=O) groups is 1. The number of nitrogens with one attached hydrogen (secondary N) is 1. The van der Waals surface area contributed by atoms with Crippen molar-refractivity contribution in [1.82, 2.24) is 15.3 Å². The largest absolute Gasteiger partial charge is 0.378 e. The van der Waals surface area contributed by atoms with E-state index >= 15 is 0 Å². The quantitative estimate of drug-likeness (QED) is 0.850. The topological polar surface area (TPSA) is 70.6 Å². The van der Waals surface area contributed by atoms with Gasteiger partial charge in [0, 0.05) is 43.9 Å². The van der Waals surface area contributed by atoms with Gasteiger partial charge in [0.15, 0.2) is 0 Å². The molecule has 2 fully saturated rings. The predicted octanol–water partition coefficient (Wildman–Crippen LogP) is 2.16. The van der Waals surface area contributed by atoms with E-state index in [1.54, 1.807) is 19.3 Å². The number of aryl methyl sites for hydroxylation is 1. The number of anilines is 2. The summed E-state index contributed by atoms with van der Waals surface area (Å²) in [7, 11) is 0. The van der Waals surface area contributed by atoms with Gasteiger partial charge < -0.3 is 19.9 Å². The molecule has 0 saturated carbocycles. The summed E-state index contributed by atoms with van der Waals surface area (Å²) in [6, 6.07) is 6.48. The molecule has 2 aliphatic heterocycles. The van der Waals surface area contributed by atoms with Gasteiger partial charge in [-0.1, -0.05) is 0 Å². The Morgan fingerprint density at radius 2 is 1.90 bits per heavy atom. The number of hydrogen-bond donors (Lipinski definition) is 1. The summed E-state index contributed by atoms with van der Waals surface area (Å²) in [4.78, 5) is 25.8. The number of halogens is 1. The summed E-state index contributed by atoms with van der Waals surface area (Å²) in [5.74, 6) is 1.31. The van der Waals surface area contributed by atoms with E-state index in [1.807, 2.05) is 6.07 Å². The van der Waals surface area contributed by atoms with Crippen LogP contribution < -0.4 is 15.1 Å². The normalized spacial score (nSPS) is 19.9. The first-order valence-corrected chi connectivity index (χ1v) is 10.1. The van der Waals surface area contributed by atoms with Crippen LogP contribution in [0.2, 0.25) is 0 Å². The van der Waals surface area contributed by atoms with Crippen molar-refractivity contribution in [3.8, 4) is 0 Å². The van der Waals surface area contributed by atoms with Gasteiger partial charge >= 0.3 is 0 Å². The lowest BCUT2D eigenvalue weighted by Gasteiger charge is -2.34. The van der Waals surface area contributed by atoms with E-state index in [2.05, 4.69) is 25.1 Å². The van der Waals surface area contributed by atoms with E-state index in [4.69, 9.17) is 4.74 Å². The molecular weight excluding hydrogens is 373 g/mol. The summed E-state index contributed by atoms with van der Waals surface area (Å²) in [6.45, 7) is 6.31. The number of piperidine rings is 1. The molecule has 29 heavy (non-hydrogen) atoms. The molecule has 2 saturated heterocycles. The summed E-state index contributed by atoms with van der Waals surface area (Å²) >= 11 is 0. The van der Waals surface area contributed by atoms with E-state index in [1.165, 1.54) is 12.1 Å². The third kappa shape index (κ3) is 4.64. The lowest BCUT2D eigenvalue weighted by molar-refractivity contribution is 0.0933. The van der Waals surface area contributed by atoms with Gasteiger partial charge in [-0.2, -0.15) is 0 Å². The molecule has 0 aliphatic carbocycles. The zero-order valence-corrected chi connectivity index (χ0v) is 16.6. The molecule has 1 atom stereocenters. The zero-order valence-electron chi connectivity index (χ0n) is 16.6. The van der Waals surface area contributed by atoms with Gasteiger partial charge in [-0.05, 0) is 43.5 Å². The molecule has 1 aromatic carbocycles. The molecule has 1 unspecified atom stereocenters. The highest BCUT2D eigenvalue weighted by atomic mass is 19.1. The minimum atomic E-state index is -0.301. The fourth-order valence-electron chi connectivity index (χ4n) is 3.83.